The smallest absolute Gasteiger partial charge is 0.434 e. The monoisotopic (exact) mass is 245 g/mol. The van der Waals surface area contributed by atoms with E-state index >= 15 is 0 Å². The molecule has 0 N–H and O–H groups in total. The Morgan fingerprint density at radius 1 is 1.35 bits per heavy atom. The van der Waals surface area contributed by atoms with Gasteiger partial charge in [-0.25, -0.2) is 4.79 Å². The van der Waals surface area contributed by atoms with Crippen molar-refractivity contribution >= 4 is 6.16 Å². The van der Waals surface area contributed by atoms with Crippen LogP contribution in [-0.4, -0.2) is 50.3 Å². The Bertz CT molecular complexity index is 297. The van der Waals surface area contributed by atoms with Crippen molar-refractivity contribution in [1.82, 2.24) is 0 Å². The lowest BCUT2D eigenvalue weighted by Crippen LogP contribution is -2.34. The third kappa shape index (κ3) is 2.55. The SMILES string of the molecule is CCCOC(=O)O[C@@H]1COC2[C@H](N=O)CO[C@@H]21. The van der Waals surface area contributed by atoms with Crippen molar-refractivity contribution in [3.8, 4) is 0 Å². The highest BCUT2D eigenvalue weighted by atomic mass is 16.7. The molecule has 1 unspecified atom stereocenters. The van der Waals surface area contributed by atoms with Crippen LogP contribution in [-0.2, 0) is 18.9 Å². The maximum Gasteiger partial charge on any atom is 0.508 e. The van der Waals surface area contributed by atoms with Gasteiger partial charge in [0.25, 0.3) is 0 Å². The van der Waals surface area contributed by atoms with Gasteiger partial charge in [0.15, 0.2) is 6.10 Å². The molecule has 7 nitrogen and oxygen atoms in total. The van der Waals surface area contributed by atoms with Crippen LogP contribution in [0.5, 0.6) is 0 Å². The van der Waals surface area contributed by atoms with Crippen LogP contribution < -0.4 is 0 Å². The average Bonchev–Trinajstić information content (AvgIpc) is 2.89. The second-order valence-corrected chi connectivity index (χ2v) is 4.02. The molecule has 2 heterocycles. The fourth-order valence-corrected chi connectivity index (χ4v) is 1.98. The number of rotatable bonds is 4. The third-order valence-electron chi connectivity index (χ3n) is 2.79. The van der Waals surface area contributed by atoms with Crippen LogP contribution in [0.2, 0.25) is 0 Å². The summed E-state index contributed by atoms with van der Waals surface area (Å²) in [5, 5.41) is 2.92. The van der Waals surface area contributed by atoms with E-state index in [1.165, 1.54) is 0 Å². The van der Waals surface area contributed by atoms with Gasteiger partial charge in [0.1, 0.15) is 18.2 Å². The van der Waals surface area contributed by atoms with Gasteiger partial charge in [0.05, 0.1) is 19.8 Å². The predicted molar refractivity (Wildman–Crippen MR) is 55.6 cm³/mol. The molecule has 0 aliphatic carbocycles. The fraction of sp³-hybridized carbons (Fsp3) is 0.900. The Hall–Kier alpha value is -1.21. The van der Waals surface area contributed by atoms with E-state index in [0.717, 1.165) is 6.42 Å². The molecule has 0 aromatic rings. The first-order valence-corrected chi connectivity index (χ1v) is 5.65. The van der Waals surface area contributed by atoms with Gasteiger partial charge in [-0.15, -0.1) is 0 Å². The molecule has 2 rings (SSSR count). The first-order chi connectivity index (χ1) is 8.26. The topological polar surface area (TPSA) is 83.4 Å². The zero-order valence-corrected chi connectivity index (χ0v) is 9.53. The summed E-state index contributed by atoms with van der Waals surface area (Å²) in [6, 6.07) is -0.514. The van der Waals surface area contributed by atoms with E-state index in [-0.39, 0.29) is 13.2 Å². The lowest BCUT2D eigenvalue weighted by atomic mass is 10.1. The summed E-state index contributed by atoms with van der Waals surface area (Å²) in [4.78, 5) is 21.7. The second-order valence-electron chi connectivity index (χ2n) is 4.02. The van der Waals surface area contributed by atoms with Gasteiger partial charge in [-0.2, -0.15) is 4.91 Å². The van der Waals surface area contributed by atoms with Crippen LogP contribution in [0.25, 0.3) is 0 Å². The maximum absolute atomic E-state index is 11.3. The van der Waals surface area contributed by atoms with Crippen molar-refractivity contribution in [3.63, 3.8) is 0 Å². The van der Waals surface area contributed by atoms with Crippen molar-refractivity contribution in [1.29, 1.82) is 0 Å². The highest BCUT2D eigenvalue weighted by Gasteiger charge is 2.50. The van der Waals surface area contributed by atoms with E-state index < -0.39 is 30.5 Å². The number of hydrogen-bond donors (Lipinski definition) is 0. The summed E-state index contributed by atoms with van der Waals surface area (Å²) in [5.74, 6) is 0. The minimum absolute atomic E-state index is 0.211. The number of carbonyl (C=O) groups excluding carboxylic acids is 1. The van der Waals surface area contributed by atoms with Crippen molar-refractivity contribution in [2.24, 2.45) is 5.18 Å². The predicted octanol–water partition coefficient (Wildman–Crippen LogP) is 0.851. The average molecular weight is 245 g/mol. The molecule has 0 amide bonds. The lowest BCUT2D eigenvalue weighted by Gasteiger charge is -2.15. The van der Waals surface area contributed by atoms with Crippen LogP contribution in [0.3, 0.4) is 0 Å². The number of nitroso groups, excluding NO2 is 1. The molecule has 0 saturated carbocycles. The van der Waals surface area contributed by atoms with Crippen LogP contribution >= 0.6 is 0 Å². The largest absolute Gasteiger partial charge is 0.508 e. The molecule has 2 saturated heterocycles. The third-order valence-corrected chi connectivity index (χ3v) is 2.79. The van der Waals surface area contributed by atoms with Crippen molar-refractivity contribution in [3.05, 3.63) is 4.91 Å². The summed E-state index contributed by atoms with van der Waals surface area (Å²) < 4.78 is 20.6. The van der Waals surface area contributed by atoms with Gasteiger partial charge in [0, 0.05) is 0 Å². The first-order valence-electron chi connectivity index (χ1n) is 5.65. The molecule has 7 heteroatoms. The van der Waals surface area contributed by atoms with Gasteiger partial charge >= 0.3 is 6.16 Å². The highest BCUT2D eigenvalue weighted by molar-refractivity contribution is 5.60. The van der Waals surface area contributed by atoms with E-state index in [1.54, 1.807) is 0 Å². The summed E-state index contributed by atoms with van der Waals surface area (Å²) in [6.07, 6.45) is -1.33. The molecular weight excluding hydrogens is 230 g/mol. The Morgan fingerprint density at radius 2 is 2.12 bits per heavy atom. The van der Waals surface area contributed by atoms with Gasteiger partial charge in [0.2, 0.25) is 0 Å². The quantitative estimate of drug-likeness (QED) is 0.539. The molecular formula is C10H15NO6. The molecule has 2 aliphatic heterocycles. The number of ether oxygens (including phenoxy) is 4. The van der Waals surface area contributed by atoms with E-state index in [2.05, 4.69) is 5.18 Å². The highest BCUT2D eigenvalue weighted by Crippen LogP contribution is 2.30. The fourth-order valence-electron chi connectivity index (χ4n) is 1.98. The van der Waals surface area contributed by atoms with Crippen LogP contribution in [0.15, 0.2) is 5.18 Å². The molecule has 0 bridgehead atoms. The van der Waals surface area contributed by atoms with E-state index in [0.29, 0.717) is 6.61 Å². The van der Waals surface area contributed by atoms with Crippen molar-refractivity contribution in [2.45, 2.75) is 37.7 Å². The molecule has 0 radical (unpaired) electrons. The molecule has 4 atom stereocenters. The number of nitrogens with zero attached hydrogens (tertiary/aromatic N) is 1. The van der Waals surface area contributed by atoms with Gasteiger partial charge < -0.3 is 18.9 Å². The lowest BCUT2D eigenvalue weighted by molar-refractivity contribution is -0.0273. The summed E-state index contributed by atoms with van der Waals surface area (Å²) in [6.45, 7) is 2.63. The van der Waals surface area contributed by atoms with E-state index in [4.69, 9.17) is 18.9 Å². The Labute approximate surface area is 98.3 Å². The van der Waals surface area contributed by atoms with E-state index in [1.807, 2.05) is 6.92 Å². The Kier molecular flexibility index (Phi) is 3.90. The second kappa shape index (κ2) is 5.42. The maximum atomic E-state index is 11.3. The molecule has 0 spiro atoms. The summed E-state index contributed by atoms with van der Waals surface area (Å²) in [5.41, 5.74) is 0. The zero-order chi connectivity index (χ0) is 12.3. The first kappa shape index (κ1) is 12.3. The van der Waals surface area contributed by atoms with Gasteiger partial charge in [-0.3, -0.25) is 0 Å². The minimum atomic E-state index is -0.729. The normalized spacial score (nSPS) is 35.4. The summed E-state index contributed by atoms with van der Waals surface area (Å²) in [7, 11) is 0. The zero-order valence-electron chi connectivity index (χ0n) is 9.53. The number of fused-ring (bicyclic) bond motifs is 1. The Morgan fingerprint density at radius 3 is 2.82 bits per heavy atom. The van der Waals surface area contributed by atoms with Crippen LogP contribution in [0, 0.1) is 4.91 Å². The molecule has 0 aromatic carbocycles. The molecule has 2 fully saturated rings. The van der Waals surface area contributed by atoms with Crippen LogP contribution in [0.1, 0.15) is 13.3 Å². The van der Waals surface area contributed by atoms with Gasteiger partial charge in [-0.05, 0) is 6.42 Å². The standard InChI is InChI=1S/C10H15NO6/c1-2-3-14-10(12)17-7-5-16-8-6(11-13)4-15-9(7)8/h6-9H,2-5H2,1H3/t6-,7-,8?,9-/m1/s1. The van der Waals surface area contributed by atoms with Crippen molar-refractivity contribution < 1.29 is 23.7 Å². The number of hydrogen-bond acceptors (Lipinski definition) is 7. The summed E-state index contributed by atoms with van der Waals surface area (Å²) >= 11 is 0. The van der Waals surface area contributed by atoms with E-state index in [9.17, 15) is 9.70 Å². The molecule has 0 aromatic heterocycles. The molecule has 17 heavy (non-hydrogen) atoms. The number of carbonyl (C=O) groups is 1. The minimum Gasteiger partial charge on any atom is -0.434 e. The van der Waals surface area contributed by atoms with Crippen LogP contribution in [0.4, 0.5) is 4.79 Å². The molecule has 96 valence electrons. The Balaban J connectivity index is 1.84. The molecule has 2 aliphatic rings. The van der Waals surface area contributed by atoms with Gasteiger partial charge in [-0.1, -0.05) is 12.1 Å². The van der Waals surface area contributed by atoms with Crippen molar-refractivity contribution in [2.75, 3.05) is 19.8 Å².